The predicted octanol–water partition coefficient (Wildman–Crippen LogP) is 5.83. The molecule has 1 saturated carbocycles. The molecule has 0 bridgehead atoms. The lowest BCUT2D eigenvalue weighted by atomic mass is 9.95. The number of nitrogens with zero attached hydrogens (tertiary/aromatic N) is 3. The fourth-order valence-corrected chi connectivity index (χ4v) is 5.45. The first-order chi connectivity index (χ1) is 15.0. The minimum absolute atomic E-state index is 0.225. The number of anilines is 1. The number of thioether (sulfide) groups is 1. The van der Waals surface area contributed by atoms with Gasteiger partial charge in [-0.25, -0.2) is 8.78 Å². The highest BCUT2D eigenvalue weighted by Gasteiger charge is 2.26. The number of hydrogen-bond donors (Lipinski definition) is 1. The predicted molar refractivity (Wildman–Crippen MR) is 120 cm³/mol. The van der Waals surface area contributed by atoms with Crippen LogP contribution in [0.25, 0.3) is 0 Å². The molecular weight excluding hydrogens is 438 g/mol. The fraction of sp³-hybridized carbons (Fsp3) is 0.409. The van der Waals surface area contributed by atoms with Crippen molar-refractivity contribution in [3.63, 3.8) is 0 Å². The van der Waals surface area contributed by atoms with E-state index in [9.17, 15) is 13.6 Å². The topological polar surface area (TPSA) is 59.8 Å². The van der Waals surface area contributed by atoms with Crippen LogP contribution < -0.4 is 5.32 Å². The minimum Gasteiger partial charge on any atom is -0.325 e. The maximum Gasteiger partial charge on any atom is 0.237 e. The van der Waals surface area contributed by atoms with Crippen LogP contribution in [-0.4, -0.2) is 25.9 Å². The highest BCUT2D eigenvalue weighted by Crippen LogP contribution is 2.35. The van der Waals surface area contributed by atoms with Gasteiger partial charge in [0.2, 0.25) is 5.91 Å². The summed E-state index contributed by atoms with van der Waals surface area (Å²) in [5.74, 6) is -1.31. The van der Waals surface area contributed by atoms with Gasteiger partial charge in [-0.2, -0.15) is 0 Å². The second-order valence-corrected chi connectivity index (χ2v) is 10.0. The molecule has 31 heavy (non-hydrogen) atoms. The first kappa shape index (κ1) is 22.0. The number of aromatic nitrogens is 3. The molecular formula is C22H24F2N4OS2. The molecule has 0 radical (unpaired) electrons. The summed E-state index contributed by atoms with van der Waals surface area (Å²) in [7, 11) is 0. The maximum atomic E-state index is 13.4. The molecule has 1 fully saturated rings. The monoisotopic (exact) mass is 462 g/mol. The summed E-state index contributed by atoms with van der Waals surface area (Å²) in [4.78, 5) is 13.9. The van der Waals surface area contributed by atoms with Crippen LogP contribution in [0.1, 0.15) is 55.8 Å². The van der Waals surface area contributed by atoms with Crippen LogP contribution in [0, 0.1) is 11.6 Å². The lowest BCUT2D eigenvalue weighted by Crippen LogP contribution is -2.24. The van der Waals surface area contributed by atoms with E-state index in [0.717, 1.165) is 42.4 Å². The van der Waals surface area contributed by atoms with Gasteiger partial charge in [0.1, 0.15) is 5.82 Å². The van der Waals surface area contributed by atoms with Crippen LogP contribution in [0.15, 0.2) is 40.9 Å². The third-order valence-corrected chi connectivity index (χ3v) is 7.36. The summed E-state index contributed by atoms with van der Waals surface area (Å²) in [5.41, 5.74) is 0.225. The van der Waals surface area contributed by atoms with E-state index in [1.54, 1.807) is 18.3 Å². The standard InChI is InChI=1S/C22H24F2N4OS2/c1-14(21(29)25-15-9-10-18(23)19(24)12-15)31-22-27-26-20(13-17-8-5-11-30-17)28(22)16-6-3-2-4-7-16/h5,8-12,14,16H,2-4,6-7,13H2,1H3,(H,25,29). The van der Waals surface area contributed by atoms with Crippen LogP contribution in [-0.2, 0) is 11.2 Å². The average Bonchev–Trinajstić information content (AvgIpc) is 3.42. The number of carbonyl (C=O) groups excluding carboxylic acids is 1. The largest absolute Gasteiger partial charge is 0.325 e. The smallest absolute Gasteiger partial charge is 0.237 e. The van der Waals surface area contributed by atoms with Gasteiger partial charge in [-0.05, 0) is 43.3 Å². The highest BCUT2D eigenvalue weighted by atomic mass is 32.2. The summed E-state index contributed by atoms with van der Waals surface area (Å²) >= 11 is 3.04. The van der Waals surface area contributed by atoms with Crippen LogP contribution >= 0.6 is 23.1 Å². The molecule has 4 rings (SSSR count). The van der Waals surface area contributed by atoms with Crippen LogP contribution in [0.3, 0.4) is 0 Å². The Balaban J connectivity index is 1.51. The van der Waals surface area contributed by atoms with Crippen molar-refractivity contribution < 1.29 is 13.6 Å². The molecule has 1 unspecified atom stereocenters. The van der Waals surface area contributed by atoms with Gasteiger partial charge in [0.05, 0.1) is 5.25 Å². The first-order valence-electron chi connectivity index (χ1n) is 10.4. The van der Waals surface area contributed by atoms with E-state index >= 15 is 0 Å². The summed E-state index contributed by atoms with van der Waals surface area (Å²) in [6.07, 6.45) is 6.48. The van der Waals surface area contributed by atoms with Crippen LogP contribution in [0.5, 0.6) is 0 Å². The van der Waals surface area contributed by atoms with Crippen molar-refractivity contribution in [2.45, 2.75) is 61.9 Å². The molecule has 1 atom stereocenters. The first-order valence-corrected chi connectivity index (χ1v) is 12.2. The summed E-state index contributed by atoms with van der Waals surface area (Å²) < 4.78 is 28.8. The number of amides is 1. The molecule has 2 heterocycles. The van der Waals surface area contributed by atoms with E-state index in [2.05, 4.69) is 31.5 Å². The minimum atomic E-state index is -0.992. The van der Waals surface area contributed by atoms with Gasteiger partial charge >= 0.3 is 0 Å². The Kier molecular flexibility index (Phi) is 7.02. The van der Waals surface area contributed by atoms with E-state index in [-0.39, 0.29) is 11.6 Å². The Labute approximate surface area is 188 Å². The molecule has 1 aliphatic carbocycles. The van der Waals surface area contributed by atoms with Crippen molar-refractivity contribution in [3.05, 3.63) is 58.0 Å². The fourth-order valence-electron chi connectivity index (χ4n) is 3.81. The van der Waals surface area contributed by atoms with Gasteiger partial charge in [0.25, 0.3) is 0 Å². The number of carbonyl (C=O) groups is 1. The zero-order valence-corrected chi connectivity index (χ0v) is 18.8. The Morgan fingerprint density at radius 3 is 2.74 bits per heavy atom. The van der Waals surface area contributed by atoms with Crippen molar-refractivity contribution in [2.75, 3.05) is 5.32 Å². The highest BCUT2D eigenvalue weighted by molar-refractivity contribution is 8.00. The van der Waals surface area contributed by atoms with Gasteiger partial charge in [0, 0.05) is 29.1 Å². The third kappa shape index (κ3) is 5.33. The second-order valence-electron chi connectivity index (χ2n) is 7.69. The quantitative estimate of drug-likeness (QED) is 0.449. The molecule has 164 valence electrons. The zero-order valence-electron chi connectivity index (χ0n) is 17.2. The SMILES string of the molecule is CC(Sc1nnc(Cc2cccs2)n1C1CCCCC1)C(=O)Nc1ccc(F)c(F)c1. The molecule has 0 aliphatic heterocycles. The van der Waals surface area contributed by atoms with Crippen molar-refractivity contribution in [2.24, 2.45) is 0 Å². The normalized spacial score (nSPS) is 15.7. The Hall–Kier alpha value is -2.26. The van der Waals surface area contributed by atoms with Crippen molar-refractivity contribution >= 4 is 34.7 Å². The number of hydrogen-bond acceptors (Lipinski definition) is 5. The molecule has 0 spiro atoms. The van der Waals surface area contributed by atoms with Gasteiger partial charge in [-0.3, -0.25) is 4.79 Å². The van der Waals surface area contributed by atoms with Gasteiger partial charge in [-0.1, -0.05) is 37.1 Å². The number of rotatable bonds is 7. The molecule has 9 heteroatoms. The Morgan fingerprint density at radius 1 is 1.23 bits per heavy atom. The van der Waals surface area contributed by atoms with Crippen molar-refractivity contribution in [3.8, 4) is 0 Å². The summed E-state index contributed by atoms with van der Waals surface area (Å²) in [5, 5.41) is 13.8. The second kappa shape index (κ2) is 9.91. The van der Waals surface area contributed by atoms with E-state index in [1.807, 2.05) is 6.07 Å². The third-order valence-electron chi connectivity index (χ3n) is 5.43. The van der Waals surface area contributed by atoms with E-state index < -0.39 is 16.9 Å². The zero-order chi connectivity index (χ0) is 21.8. The molecule has 1 amide bonds. The van der Waals surface area contributed by atoms with Gasteiger partial charge in [-0.15, -0.1) is 21.5 Å². The lowest BCUT2D eigenvalue weighted by Gasteiger charge is -2.26. The molecule has 2 aromatic heterocycles. The molecule has 1 aliphatic rings. The summed E-state index contributed by atoms with van der Waals surface area (Å²) in [6.45, 7) is 1.78. The Bertz CT molecular complexity index is 1030. The Morgan fingerprint density at radius 2 is 2.03 bits per heavy atom. The van der Waals surface area contributed by atoms with E-state index in [4.69, 9.17) is 0 Å². The molecule has 1 N–H and O–H groups in total. The maximum absolute atomic E-state index is 13.4. The van der Waals surface area contributed by atoms with Crippen molar-refractivity contribution in [1.29, 1.82) is 0 Å². The van der Waals surface area contributed by atoms with Crippen molar-refractivity contribution in [1.82, 2.24) is 14.8 Å². The van der Waals surface area contributed by atoms with Gasteiger partial charge < -0.3 is 9.88 Å². The number of thiophene rings is 1. The number of halogens is 2. The lowest BCUT2D eigenvalue weighted by molar-refractivity contribution is -0.115. The van der Waals surface area contributed by atoms with Crippen LogP contribution in [0.4, 0.5) is 14.5 Å². The molecule has 0 saturated heterocycles. The number of benzene rings is 1. The van der Waals surface area contributed by atoms with Gasteiger partial charge in [0.15, 0.2) is 16.8 Å². The molecule has 3 aromatic rings. The van der Waals surface area contributed by atoms with E-state index in [1.165, 1.54) is 42.0 Å². The molecule has 5 nitrogen and oxygen atoms in total. The number of nitrogens with one attached hydrogen (secondary N) is 1. The molecule has 1 aromatic carbocycles. The average molecular weight is 463 g/mol. The van der Waals surface area contributed by atoms with E-state index in [0.29, 0.717) is 6.04 Å². The van der Waals surface area contributed by atoms with Crippen LogP contribution in [0.2, 0.25) is 0 Å². The summed E-state index contributed by atoms with van der Waals surface area (Å²) in [6, 6.07) is 7.78.